The molecule has 0 rings (SSSR count). The third kappa shape index (κ3) is 5.53. The Hall–Kier alpha value is -0.610. The summed E-state index contributed by atoms with van der Waals surface area (Å²) in [5.41, 5.74) is 3.97. The van der Waals surface area contributed by atoms with Crippen LogP contribution in [-0.2, 0) is 4.79 Å². The Bertz CT molecular complexity index is 114. The average Bonchev–Trinajstić information content (AvgIpc) is 1.58. The van der Waals surface area contributed by atoms with Gasteiger partial charge in [0.15, 0.2) is 0 Å². The van der Waals surface area contributed by atoms with E-state index in [0.717, 1.165) is 0 Å². The lowest BCUT2D eigenvalue weighted by atomic mass is 10.2. The smallest absolute Gasteiger partial charge is 0.301 e. The highest BCUT2D eigenvalue weighted by Crippen LogP contribution is 2.04. The predicted octanol–water partition coefficient (Wildman–Crippen LogP) is 0.700. The molecule has 0 radical (unpaired) electrons. The first kappa shape index (κ1) is 9.39. The van der Waals surface area contributed by atoms with Gasteiger partial charge in [0, 0.05) is 6.42 Å². The molecule has 0 saturated heterocycles. The summed E-state index contributed by atoms with van der Waals surface area (Å²) in [4.78, 5) is 10.1. The van der Waals surface area contributed by atoms with Crippen LogP contribution in [0, 0.1) is 0 Å². The first-order valence-electron chi connectivity index (χ1n) is 3.12. The van der Waals surface area contributed by atoms with Gasteiger partial charge in [0.25, 0.3) is 0 Å². The minimum Gasteiger partial charge on any atom is -0.592 e. The summed E-state index contributed by atoms with van der Waals surface area (Å²) in [7, 11) is 3.55. The van der Waals surface area contributed by atoms with Crippen molar-refractivity contribution in [1.29, 1.82) is 0 Å². The zero-order chi connectivity index (χ0) is 8.15. The third-order valence-electron chi connectivity index (χ3n) is 0.898. The summed E-state index contributed by atoms with van der Waals surface area (Å²) in [6.07, 6.45) is 0.0954. The number of rotatable bonds is 4. The van der Waals surface area contributed by atoms with E-state index in [2.05, 4.69) is 5.43 Å². The van der Waals surface area contributed by atoms with Gasteiger partial charge in [-0.1, -0.05) is 6.92 Å². The number of carbonyl (C=O) groups is 1. The molecule has 0 fully saturated rings. The molecule has 1 atom stereocenters. The highest BCUT2D eigenvalue weighted by Gasteiger charge is 1.97. The lowest BCUT2D eigenvalue weighted by Gasteiger charge is -2.34. The molecule has 0 saturated carbocycles. The van der Waals surface area contributed by atoms with Crippen molar-refractivity contribution in [2.24, 2.45) is 0 Å². The van der Waals surface area contributed by atoms with E-state index in [9.17, 15) is 4.79 Å². The fourth-order valence-electron chi connectivity index (χ4n) is 0.688. The Morgan fingerprint density at radius 3 is 2.50 bits per heavy atom. The molecule has 0 bridgehead atoms. The van der Waals surface area contributed by atoms with Crippen LogP contribution in [-0.4, -0.2) is 36.2 Å². The quantitative estimate of drug-likeness (QED) is 0.592. The fraction of sp³-hybridized carbons (Fsp3) is 0.833. The number of aliphatic carboxylic acids is 1. The molecule has 1 N–H and O–H groups in total. The van der Waals surface area contributed by atoms with Gasteiger partial charge in [0.05, 0.1) is 0 Å². The predicted molar refractivity (Wildman–Crippen MR) is 38.8 cm³/mol. The number of hydrogen-bond donors (Lipinski definition) is 1. The second-order valence-corrected chi connectivity index (χ2v) is 2.41. The first-order chi connectivity index (χ1) is 4.52. The van der Waals surface area contributed by atoms with E-state index in [-0.39, 0.29) is 12.5 Å². The van der Waals surface area contributed by atoms with Gasteiger partial charge in [-0.15, -0.1) is 6.04 Å². The maximum absolute atomic E-state index is 10.1. The maximum Gasteiger partial charge on any atom is 0.301 e. The summed E-state index contributed by atoms with van der Waals surface area (Å²) in [5.74, 6) is -0.807. The van der Waals surface area contributed by atoms with Gasteiger partial charge in [-0.05, 0) is 14.1 Å². The van der Waals surface area contributed by atoms with Crippen molar-refractivity contribution in [3.63, 3.8) is 0 Å². The average molecular weight is 145 g/mol. The number of nitrogens with zero attached hydrogens (tertiary/aromatic N) is 2. The molecular weight excluding hydrogens is 132 g/mol. The first-order valence-corrected chi connectivity index (χ1v) is 3.12. The molecule has 4 nitrogen and oxygen atoms in total. The van der Waals surface area contributed by atoms with Crippen molar-refractivity contribution < 1.29 is 9.90 Å². The van der Waals surface area contributed by atoms with Crippen molar-refractivity contribution in [3.8, 4) is 0 Å². The van der Waals surface area contributed by atoms with Crippen LogP contribution in [0.15, 0.2) is 0 Å². The molecule has 10 heavy (non-hydrogen) atoms. The van der Waals surface area contributed by atoms with Crippen molar-refractivity contribution in [2.75, 3.05) is 14.1 Å². The van der Waals surface area contributed by atoms with Crippen molar-refractivity contribution >= 4 is 5.97 Å². The van der Waals surface area contributed by atoms with Gasteiger partial charge in [-0.25, -0.2) is 0 Å². The highest BCUT2D eigenvalue weighted by molar-refractivity contribution is 5.67. The molecule has 0 aliphatic carbocycles. The monoisotopic (exact) mass is 145 g/mol. The van der Waals surface area contributed by atoms with E-state index in [1.807, 2.05) is 0 Å². The van der Waals surface area contributed by atoms with E-state index in [4.69, 9.17) is 5.11 Å². The minimum absolute atomic E-state index is 0.0954. The second-order valence-electron chi connectivity index (χ2n) is 2.41. The standard InChI is InChI=1S/C6H13N2O2/c1-5(4-6(9)10)7-8(2)3/h5H,4H2,1-3H3,(H,9,10)/q-1. The van der Waals surface area contributed by atoms with E-state index in [1.165, 1.54) is 0 Å². The molecule has 60 valence electrons. The SMILES string of the molecule is CC(CC(=O)O)[N-]N(C)C. The Kier molecular flexibility index (Phi) is 3.99. The molecule has 4 heteroatoms. The summed E-state index contributed by atoms with van der Waals surface area (Å²) >= 11 is 0. The zero-order valence-electron chi connectivity index (χ0n) is 6.53. The number of hydrogen-bond acceptors (Lipinski definition) is 2. The van der Waals surface area contributed by atoms with Gasteiger partial charge >= 0.3 is 5.97 Å². The van der Waals surface area contributed by atoms with Crippen LogP contribution in [0.4, 0.5) is 0 Å². The Morgan fingerprint density at radius 1 is 1.70 bits per heavy atom. The van der Waals surface area contributed by atoms with E-state index in [0.29, 0.717) is 0 Å². The largest absolute Gasteiger partial charge is 0.592 e. The summed E-state index contributed by atoms with van der Waals surface area (Å²) in [6.45, 7) is 1.77. The molecule has 0 heterocycles. The van der Waals surface area contributed by atoms with Crippen LogP contribution < -0.4 is 0 Å². The number of carboxylic acids is 1. The van der Waals surface area contributed by atoms with Crippen LogP contribution in [0.2, 0.25) is 0 Å². The van der Waals surface area contributed by atoms with E-state index in [1.54, 1.807) is 26.0 Å². The second kappa shape index (κ2) is 4.24. The molecule has 0 aliphatic rings. The van der Waals surface area contributed by atoms with E-state index < -0.39 is 5.97 Å². The van der Waals surface area contributed by atoms with Crippen LogP contribution in [0.5, 0.6) is 0 Å². The minimum atomic E-state index is -0.807. The molecule has 0 aromatic heterocycles. The molecule has 0 amide bonds. The van der Waals surface area contributed by atoms with Crippen LogP contribution in [0.3, 0.4) is 0 Å². The molecule has 0 spiro atoms. The highest BCUT2D eigenvalue weighted by atomic mass is 16.4. The fourth-order valence-corrected chi connectivity index (χ4v) is 0.688. The topological polar surface area (TPSA) is 54.6 Å². The number of carboxylic acid groups (broad SMARTS) is 1. The zero-order valence-corrected chi connectivity index (χ0v) is 6.53. The molecule has 0 aromatic rings. The summed E-state index contributed by atoms with van der Waals surface area (Å²) in [5, 5.41) is 9.94. The van der Waals surface area contributed by atoms with Crippen molar-refractivity contribution in [1.82, 2.24) is 5.01 Å². The lowest BCUT2D eigenvalue weighted by molar-refractivity contribution is -0.137. The van der Waals surface area contributed by atoms with Crippen LogP contribution in [0.25, 0.3) is 5.43 Å². The third-order valence-corrected chi connectivity index (χ3v) is 0.898. The summed E-state index contributed by atoms with van der Waals surface area (Å²) < 4.78 is 0. The van der Waals surface area contributed by atoms with Crippen molar-refractivity contribution in [2.45, 2.75) is 19.4 Å². The Morgan fingerprint density at radius 2 is 2.20 bits per heavy atom. The Labute approximate surface area is 60.8 Å². The Balaban J connectivity index is 3.43. The molecule has 0 aromatic carbocycles. The molecule has 0 aliphatic heterocycles. The lowest BCUT2D eigenvalue weighted by Crippen LogP contribution is -2.16. The maximum atomic E-state index is 10.1. The van der Waals surface area contributed by atoms with Gasteiger partial charge in [-0.3, -0.25) is 4.79 Å². The normalized spacial score (nSPS) is 13.6. The molecular formula is C6H13N2O2-. The van der Waals surface area contributed by atoms with Gasteiger partial charge in [0.1, 0.15) is 0 Å². The van der Waals surface area contributed by atoms with Crippen molar-refractivity contribution in [3.05, 3.63) is 5.43 Å². The molecule has 1 unspecified atom stereocenters. The van der Waals surface area contributed by atoms with Gasteiger partial charge in [-0.2, -0.15) is 0 Å². The van der Waals surface area contributed by atoms with Crippen LogP contribution >= 0.6 is 0 Å². The van der Waals surface area contributed by atoms with Crippen LogP contribution in [0.1, 0.15) is 13.3 Å². The summed E-state index contributed by atoms with van der Waals surface area (Å²) in [6, 6.07) is -0.132. The van der Waals surface area contributed by atoms with E-state index >= 15 is 0 Å². The van der Waals surface area contributed by atoms with Gasteiger partial charge < -0.3 is 15.5 Å². The van der Waals surface area contributed by atoms with Gasteiger partial charge in [0.2, 0.25) is 0 Å².